The number of halogens is 8. The third-order valence-corrected chi connectivity index (χ3v) is 20.6. The number of carbonyl (C=O) groups excluding carboxylic acids is 4. The van der Waals surface area contributed by atoms with E-state index in [9.17, 15) is 49.9 Å². The average molecular weight is 1430 g/mol. The number of fused-ring (bicyclic) bond motifs is 12. The second kappa shape index (κ2) is 28.8. The van der Waals surface area contributed by atoms with Gasteiger partial charge in [-0.05, 0) is 162 Å². The van der Waals surface area contributed by atoms with Gasteiger partial charge < -0.3 is 19.9 Å². The molecular formula is C62H61F7IN9O7S4. The first-order valence-corrected chi connectivity index (χ1v) is 33.5. The number of rotatable bonds is 12. The summed E-state index contributed by atoms with van der Waals surface area (Å²) < 4.78 is 116. The number of benzene rings is 1. The van der Waals surface area contributed by atoms with Gasteiger partial charge in [-0.3, -0.25) is 23.5 Å². The van der Waals surface area contributed by atoms with Crippen LogP contribution in [-0.2, 0) is 84.8 Å². The first-order valence-electron chi connectivity index (χ1n) is 29.2. The Bertz CT molecular complexity index is 4050. The van der Waals surface area contributed by atoms with E-state index >= 15 is 0 Å². The first kappa shape index (κ1) is 66.1. The number of nitrogens with two attached hydrogens (primary N) is 1. The maximum absolute atomic E-state index is 13.5. The van der Waals surface area contributed by atoms with Crippen molar-refractivity contribution in [3.8, 4) is 45.0 Å². The van der Waals surface area contributed by atoms with E-state index in [1.165, 1.54) is 60.0 Å². The van der Waals surface area contributed by atoms with Gasteiger partial charge in [-0.2, -0.15) is 46.7 Å². The lowest BCUT2D eigenvalue weighted by molar-refractivity contribution is -0.138. The Kier molecular flexibility index (Phi) is 21.1. The predicted octanol–water partition coefficient (Wildman–Crippen LogP) is 14.9. The fourth-order valence-electron chi connectivity index (χ4n) is 11.1. The molecule has 0 saturated heterocycles. The minimum atomic E-state index is -4.52. The number of hydrogen-bond donors (Lipinski definition) is 1. The van der Waals surface area contributed by atoms with Crippen LogP contribution in [0.4, 0.5) is 30.7 Å². The van der Waals surface area contributed by atoms with Crippen LogP contribution < -0.4 is 5.73 Å². The highest BCUT2D eigenvalue weighted by molar-refractivity contribution is 14.1. The van der Waals surface area contributed by atoms with Gasteiger partial charge in [-0.15, -0.1) is 45.3 Å². The minimum Gasteiger partial charge on any atom is -0.462 e. The van der Waals surface area contributed by atoms with Gasteiger partial charge in [0.1, 0.15) is 31.6 Å². The number of ketones is 1. The van der Waals surface area contributed by atoms with Gasteiger partial charge in [0.05, 0.1) is 69.6 Å². The Hall–Kier alpha value is -6.86. The molecule has 0 fully saturated rings. The zero-order valence-corrected chi connectivity index (χ0v) is 54.4. The molecule has 0 radical (unpaired) electrons. The summed E-state index contributed by atoms with van der Waals surface area (Å²) in [5.74, 6) is -1.64. The van der Waals surface area contributed by atoms with Crippen molar-refractivity contribution in [2.75, 3.05) is 26.4 Å². The van der Waals surface area contributed by atoms with E-state index in [1.807, 2.05) is 53.8 Å². The van der Waals surface area contributed by atoms with Crippen LogP contribution in [0.25, 0.3) is 45.0 Å². The number of aromatic nitrogens is 8. The van der Waals surface area contributed by atoms with Crippen LogP contribution in [0.3, 0.4) is 0 Å². The summed E-state index contributed by atoms with van der Waals surface area (Å²) in [6.07, 6.45) is 3.69. The van der Waals surface area contributed by atoms with Crippen molar-refractivity contribution in [3.05, 3.63) is 144 Å². The van der Waals surface area contributed by atoms with Gasteiger partial charge in [0.25, 0.3) is 0 Å². The SMILES string of the molecule is CCOC(=O)c1cc2c(s1)CCCn1ncc(C(F)(F)F)c1-2.CCOC(=O)c1cc2c(s1)CCCn1ncc(I)c1-2.CCOC(=O)c1cc2c(s1)CCCn1nccc1-2.NC[C@@H](CC(=O)c1cc2c(s1)CCCn1ncc(C(F)(F)F)c1-2)Cc1cccc(F)c1. The lowest BCUT2D eigenvalue weighted by Gasteiger charge is -2.13. The summed E-state index contributed by atoms with van der Waals surface area (Å²) in [6.45, 7) is 9.36. The van der Waals surface area contributed by atoms with E-state index in [0.29, 0.717) is 89.0 Å². The number of nitrogens with zero attached hydrogens (tertiary/aromatic N) is 8. The number of ether oxygens (including phenoxy) is 3. The van der Waals surface area contributed by atoms with E-state index in [-0.39, 0.29) is 60.4 Å². The first-order chi connectivity index (χ1) is 43.2. The highest BCUT2D eigenvalue weighted by Gasteiger charge is 2.40. The summed E-state index contributed by atoms with van der Waals surface area (Å²) in [7, 11) is 0. The van der Waals surface area contributed by atoms with Crippen LogP contribution in [0, 0.1) is 15.3 Å². The molecule has 0 amide bonds. The molecule has 12 heterocycles. The molecule has 0 spiro atoms. The second-order valence-electron chi connectivity index (χ2n) is 21.2. The van der Waals surface area contributed by atoms with Gasteiger partial charge in [0.2, 0.25) is 0 Å². The summed E-state index contributed by atoms with van der Waals surface area (Å²) in [6, 6.07) is 15.1. The van der Waals surface area contributed by atoms with Crippen LogP contribution >= 0.6 is 67.9 Å². The number of aryl methyl sites for hydroxylation is 8. The molecule has 28 heteroatoms. The number of esters is 3. The topological polar surface area (TPSA) is 193 Å². The van der Waals surface area contributed by atoms with Crippen molar-refractivity contribution in [3.63, 3.8) is 0 Å². The molecule has 0 saturated carbocycles. The zero-order chi connectivity index (χ0) is 64.0. The van der Waals surface area contributed by atoms with E-state index in [1.54, 1.807) is 47.8 Å². The van der Waals surface area contributed by atoms with Crippen molar-refractivity contribution in [1.82, 2.24) is 39.1 Å². The molecule has 476 valence electrons. The Morgan fingerprint density at radius 1 is 0.567 bits per heavy atom. The zero-order valence-electron chi connectivity index (χ0n) is 49.0. The van der Waals surface area contributed by atoms with Crippen LogP contribution in [0.15, 0.2) is 79.4 Å². The molecule has 8 aromatic heterocycles. The molecule has 0 aliphatic carbocycles. The van der Waals surface area contributed by atoms with Crippen molar-refractivity contribution in [2.24, 2.45) is 11.7 Å². The van der Waals surface area contributed by atoms with E-state index in [4.69, 9.17) is 19.9 Å². The summed E-state index contributed by atoms with van der Waals surface area (Å²) >= 11 is 7.85. The number of thiophene rings is 4. The van der Waals surface area contributed by atoms with Crippen LogP contribution in [0.2, 0.25) is 0 Å². The fourth-order valence-corrected chi connectivity index (χ4v) is 16.3. The fraction of sp³-hybridized carbons (Fsp3) is 0.387. The maximum atomic E-state index is 13.5. The van der Waals surface area contributed by atoms with E-state index in [0.717, 1.165) is 92.6 Å². The van der Waals surface area contributed by atoms with Gasteiger partial charge in [-0.1, -0.05) is 12.1 Å². The quantitative estimate of drug-likeness (QED) is 0.0401. The van der Waals surface area contributed by atoms with Gasteiger partial charge in [0.15, 0.2) is 5.78 Å². The van der Waals surface area contributed by atoms with E-state index < -0.39 is 29.4 Å². The Morgan fingerprint density at radius 2 is 0.989 bits per heavy atom. The van der Waals surface area contributed by atoms with Crippen LogP contribution in [-0.4, -0.2) is 89.2 Å². The molecule has 0 bridgehead atoms. The van der Waals surface area contributed by atoms with Gasteiger partial charge >= 0.3 is 30.3 Å². The van der Waals surface area contributed by atoms with Gasteiger partial charge in [0, 0.05) is 80.6 Å². The van der Waals surface area contributed by atoms with Crippen molar-refractivity contribution < 1.29 is 64.1 Å². The Labute approximate surface area is 542 Å². The monoisotopic (exact) mass is 1430 g/mol. The Morgan fingerprint density at radius 3 is 1.46 bits per heavy atom. The molecular weight excluding hydrogens is 1370 g/mol. The molecule has 1 aromatic carbocycles. The summed E-state index contributed by atoms with van der Waals surface area (Å²) in [5, 5.41) is 16.5. The highest BCUT2D eigenvalue weighted by atomic mass is 127. The number of hydrogen-bond acceptors (Lipinski definition) is 16. The van der Waals surface area contributed by atoms with Crippen molar-refractivity contribution in [1.29, 1.82) is 0 Å². The molecule has 13 rings (SSSR count). The number of Topliss-reactive ketones (excluding diaryl/α,β-unsaturated/α-hetero) is 1. The normalized spacial score (nSPS) is 14.1. The number of alkyl halides is 6. The van der Waals surface area contributed by atoms with Gasteiger partial charge in [-0.25, -0.2) is 18.8 Å². The third-order valence-electron chi connectivity index (χ3n) is 15.1. The molecule has 90 heavy (non-hydrogen) atoms. The number of carbonyl (C=O) groups is 4. The smallest absolute Gasteiger partial charge is 0.420 e. The maximum Gasteiger partial charge on any atom is 0.420 e. The average Bonchev–Trinajstić information content (AvgIpc) is 1.64. The Balaban J connectivity index is 0.000000135. The molecule has 4 aliphatic rings. The van der Waals surface area contributed by atoms with E-state index in [2.05, 4.69) is 43.0 Å². The summed E-state index contributed by atoms with van der Waals surface area (Å²) in [4.78, 5) is 54.6. The molecule has 16 nitrogen and oxygen atoms in total. The second-order valence-corrected chi connectivity index (χ2v) is 26.9. The molecule has 2 N–H and O–H groups in total. The van der Waals surface area contributed by atoms with Crippen molar-refractivity contribution in [2.45, 2.75) is 124 Å². The van der Waals surface area contributed by atoms with Crippen LogP contribution in [0.5, 0.6) is 0 Å². The molecule has 9 aromatic rings. The van der Waals surface area contributed by atoms with Crippen LogP contribution in [0.1, 0.15) is 128 Å². The third kappa shape index (κ3) is 14.9. The molecule has 0 unspecified atom stereocenters. The molecule has 1 atom stereocenters. The highest BCUT2D eigenvalue weighted by Crippen LogP contribution is 2.45. The largest absolute Gasteiger partial charge is 0.462 e. The predicted molar refractivity (Wildman–Crippen MR) is 338 cm³/mol. The van der Waals surface area contributed by atoms with Crippen molar-refractivity contribution >= 4 is 91.6 Å². The molecule has 4 aliphatic heterocycles. The minimum absolute atomic E-state index is 0.0328. The summed E-state index contributed by atoms with van der Waals surface area (Å²) in [5.41, 5.74) is 10.5. The lowest BCUT2D eigenvalue weighted by Crippen LogP contribution is -2.20. The standard InChI is InChI=1S/C22H21F4N3OS.C14H13F3N2O2S.C13H13IN2O2S.C13H14N2O2S/c23-15-4-1-3-13(8-15)7-14(11-27)9-18(30)20-10-16-19(31-20)5-2-6-29-21(16)17(12-28-29)22(24,25)26;1-2-21-13(20)11-6-8-10(22-11)4-3-5-19-12(8)9(7-18-19)14(15,16)17;1-2-18-13(17)11-6-8-10(19-11)4-3-5-16-12(8)9(14)7-15-16;1-2-17-13(16)12-8-9-10-5-6-14-15(10)7-3-4-11(9)18-12/h1,3-4,8,10,12,14H,2,5-7,9,11,27H2;6-7H,2-5H2,1H3;6-7H,2-5H2,1H3;5-6,8H,2-4,7H2,1H3/t14-;;;/m1.../s1. The lowest BCUT2D eigenvalue weighted by atomic mass is 9.93.